The summed E-state index contributed by atoms with van der Waals surface area (Å²) in [6, 6.07) is 0. The fourth-order valence-electron chi connectivity index (χ4n) is 1.58. The number of nitrogens with one attached hydrogen (secondary N) is 1. The van der Waals surface area contributed by atoms with Crippen LogP contribution in [0.2, 0.25) is 0 Å². The smallest absolute Gasteiger partial charge is 0.220 e. The van der Waals surface area contributed by atoms with Crippen LogP contribution in [0.1, 0.15) is 19.8 Å². The van der Waals surface area contributed by atoms with Crippen molar-refractivity contribution in [1.29, 1.82) is 0 Å². The molecule has 12 heavy (non-hydrogen) atoms. The summed E-state index contributed by atoms with van der Waals surface area (Å²) >= 11 is 0. The molecule has 1 unspecified atom stereocenters. The Morgan fingerprint density at radius 2 is 2.00 bits per heavy atom. The van der Waals surface area contributed by atoms with E-state index in [9.17, 15) is 4.79 Å². The van der Waals surface area contributed by atoms with Crippen molar-refractivity contribution in [3.8, 4) is 0 Å². The van der Waals surface area contributed by atoms with Gasteiger partial charge in [0, 0.05) is 5.92 Å². The van der Waals surface area contributed by atoms with Gasteiger partial charge in [-0.2, -0.15) is 0 Å². The molecule has 0 aromatic rings. The molecule has 1 atom stereocenters. The number of rotatable bonds is 2. The number of hydrogen-bond donors (Lipinski definition) is 2. The van der Waals surface area contributed by atoms with E-state index in [0.29, 0.717) is 5.92 Å². The number of amides is 1. The molecule has 1 aliphatic rings. The van der Waals surface area contributed by atoms with Gasteiger partial charge in [-0.15, -0.1) is 12.4 Å². The summed E-state index contributed by atoms with van der Waals surface area (Å²) in [5.74, 6) is 0.405. The van der Waals surface area contributed by atoms with Gasteiger partial charge in [0.15, 0.2) is 0 Å². The highest BCUT2D eigenvalue weighted by Crippen LogP contribution is 2.20. The Balaban J connectivity index is 0.00000121. The van der Waals surface area contributed by atoms with Crippen molar-refractivity contribution in [3.05, 3.63) is 0 Å². The summed E-state index contributed by atoms with van der Waals surface area (Å²) in [5, 5.41) is 3.26. The third kappa shape index (κ3) is 2.99. The predicted octanol–water partition coefficient (Wildman–Crippen LogP) is 0.529. The number of nitrogens with two attached hydrogens (primary N) is 1. The van der Waals surface area contributed by atoms with E-state index in [1.807, 2.05) is 6.92 Å². The first-order chi connectivity index (χ1) is 5.22. The SMILES string of the molecule is CC(C(N)=O)C1CCNCC1.Cl. The molecule has 4 heteroatoms. The minimum absolute atomic E-state index is 0. The molecule has 0 saturated carbocycles. The van der Waals surface area contributed by atoms with Crippen LogP contribution in [0.25, 0.3) is 0 Å². The molecule has 3 nitrogen and oxygen atoms in total. The number of primary amides is 1. The summed E-state index contributed by atoms with van der Waals surface area (Å²) in [7, 11) is 0. The second-order valence-corrected chi connectivity index (χ2v) is 3.28. The largest absolute Gasteiger partial charge is 0.369 e. The standard InChI is InChI=1S/C8H16N2O.ClH/c1-6(8(9)11)7-2-4-10-5-3-7;/h6-7,10H,2-5H2,1H3,(H2,9,11);1H. The third-order valence-electron chi connectivity index (χ3n) is 2.54. The zero-order valence-corrected chi connectivity index (χ0v) is 8.19. The molecule has 1 amide bonds. The number of halogens is 1. The molecule has 3 N–H and O–H groups in total. The highest BCUT2D eigenvalue weighted by molar-refractivity contribution is 5.85. The highest BCUT2D eigenvalue weighted by atomic mass is 35.5. The van der Waals surface area contributed by atoms with Gasteiger partial charge in [0.2, 0.25) is 5.91 Å². The van der Waals surface area contributed by atoms with E-state index >= 15 is 0 Å². The molecule has 1 rings (SSSR count). The number of carbonyl (C=O) groups is 1. The molecule has 72 valence electrons. The quantitative estimate of drug-likeness (QED) is 0.671. The molecule has 0 aromatic carbocycles. The van der Waals surface area contributed by atoms with E-state index in [1.165, 1.54) is 0 Å². The van der Waals surface area contributed by atoms with E-state index < -0.39 is 0 Å². The minimum Gasteiger partial charge on any atom is -0.369 e. The summed E-state index contributed by atoms with van der Waals surface area (Å²) in [6.45, 7) is 3.99. The lowest BCUT2D eigenvalue weighted by Gasteiger charge is -2.26. The average Bonchev–Trinajstić information content (AvgIpc) is 2.05. The lowest BCUT2D eigenvalue weighted by Crippen LogP contribution is -2.35. The Hall–Kier alpha value is -0.280. The van der Waals surface area contributed by atoms with Gasteiger partial charge in [-0.05, 0) is 31.8 Å². The van der Waals surface area contributed by atoms with E-state index in [0.717, 1.165) is 25.9 Å². The van der Waals surface area contributed by atoms with Gasteiger partial charge in [-0.3, -0.25) is 4.79 Å². The molecule has 1 saturated heterocycles. The van der Waals surface area contributed by atoms with Crippen LogP contribution in [0.15, 0.2) is 0 Å². The number of hydrogen-bond acceptors (Lipinski definition) is 2. The van der Waals surface area contributed by atoms with Crippen molar-refractivity contribution in [1.82, 2.24) is 5.32 Å². The Morgan fingerprint density at radius 1 is 1.50 bits per heavy atom. The first-order valence-corrected chi connectivity index (χ1v) is 4.22. The van der Waals surface area contributed by atoms with Crippen LogP contribution in [0, 0.1) is 11.8 Å². The predicted molar refractivity (Wildman–Crippen MR) is 51.2 cm³/mol. The topological polar surface area (TPSA) is 55.1 Å². The number of carbonyl (C=O) groups excluding carboxylic acids is 1. The Morgan fingerprint density at radius 3 is 2.42 bits per heavy atom. The zero-order chi connectivity index (χ0) is 8.27. The van der Waals surface area contributed by atoms with Gasteiger partial charge in [-0.25, -0.2) is 0 Å². The molecular formula is C8H17ClN2O. The summed E-state index contributed by atoms with van der Waals surface area (Å²) in [4.78, 5) is 10.8. The number of piperidine rings is 1. The molecule has 0 aromatic heterocycles. The Labute approximate surface area is 79.5 Å². The van der Waals surface area contributed by atoms with E-state index in [-0.39, 0.29) is 24.2 Å². The lowest BCUT2D eigenvalue weighted by atomic mass is 9.86. The van der Waals surface area contributed by atoms with Gasteiger partial charge >= 0.3 is 0 Å². The maximum Gasteiger partial charge on any atom is 0.220 e. The van der Waals surface area contributed by atoms with Gasteiger partial charge in [0.05, 0.1) is 0 Å². The van der Waals surface area contributed by atoms with Crippen LogP contribution in [-0.2, 0) is 4.79 Å². The van der Waals surface area contributed by atoms with E-state index in [2.05, 4.69) is 5.32 Å². The lowest BCUT2D eigenvalue weighted by molar-refractivity contribution is -0.123. The fraction of sp³-hybridized carbons (Fsp3) is 0.875. The molecule has 1 aliphatic heterocycles. The van der Waals surface area contributed by atoms with Crippen LogP contribution in [-0.4, -0.2) is 19.0 Å². The molecule has 0 spiro atoms. The van der Waals surface area contributed by atoms with Gasteiger partial charge < -0.3 is 11.1 Å². The van der Waals surface area contributed by atoms with Crippen LogP contribution < -0.4 is 11.1 Å². The monoisotopic (exact) mass is 192 g/mol. The van der Waals surface area contributed by atoms with Gasteiger partial charge in [0.25, 0.3) is 0 Å². The van der Waals surface area contributed by atoms with E-state index in [4.69, 9.17) is 5.73 Å². The third-order valence-corrected chi connectivity index (χ3v) is 2.54. The second kappa shape index (κ2) is 5.38. The Kier molecular flexibility index (Phi) is 5.25. The van der Waals surface area contributed by atoms with Crippen molar-refractivity contribution < 1.29 is 4.79 Å². The van der Waals surface area contributed by atoms with Crippen molar-refractivity contribution >= 4 is 18.3 Å². The molecule has 0 radical (unpaired) electrons. The van der Waals surface area contributed by atoms with Gasteiger partial charge in [0.1, 0.15) is 0 Å². The first kappa shape index (κ1) is 11.7. The molecular weight excluding hydrogens is 176 g/mol. The summed E-state index contributed by atoms with van der Waals surface area (Å²) in [6.07, 6.45) is 2.17. The summed E-state index contributed by atoms with van der Waals surface area (Å²) < 4.78 is 0. The van der Waals surface area contributed by atoms with Crippen LogP contribution in [0.5, 0.6) is 0 Å². The average molecular weight is 193 g/mol. The Bertz CT molecular complexity index is 146. The maximum atomic E-state index is 10.8. The minimum atomic E-state index is -0.156. The van der Waals surface area contributed by atoms with Crippen molar-refractivity contribution in [2.75, 3.05) is 13.1 Å². The van der Waals surface area contributed by atoms with Gasteiger partial charge in [-0.1, -0.05) is 6.92 Å². The first-order valence-electron chi connectivity index (χ1n) is 4.22. The normalized spacial score (nSPS) is 21.1. The highest BCUT2D eigenvalue weighted by Gasteiger charge is 2.23. The van der Waals surface area contributed by atoms with Crippen molar-refractivity contribution in [2.24, 2.45) is 17.6 Å². The second-order valence-electron chi connectivity index (χ2n) is 3.28. The molecule has 0 aliphatic carbocycles. The fourth-order valence-corrected chi connectivity index (χ4v) is 1.58. The molecule has 0 bridgehead atoms. The molecule has 1 fully saturated rings. The van der Waals surface area contributed by atoms with Crippen molar-refractivity contribution in [2.45, 2.75) is 19.8 Å². The zero-order valence-electron chi connectivity index (χ0n) is 7.38. The molecule has 1 heterocycles. The van der Waals surface area contributed by atoms with Crippen LogP contribution in [0.3, 0.4) is 0 Å². The van der Waals surface area contributed by atoms with Crippen LogP contribution >= 0.6 is 12.4 Å². The summed E-state index contributed by atoms with van der Waals surface area (Å²) in [5.41, 5.74) is 5.21. The maximum absolute atomic E-state index is 10.8. The van der Waals surface area contributed by atoms with Crippen LogP contribution in [0.4, 0.5) is 0 Å². The van der Waals surface area contributed by atoms with E-state index in [1.54, 1.807) is 0 Å². The van der Waals surface area contributed by atoms with Crippen molar-refractivity contribution in [3.63, 3.8) is 0 Å².